The lowest BCUT2D eigenvalue weighted by Crippen LogP contribution is -2.36. The van der Waals surface area contributed by atoms with Gasteiger partial charge in [0.05, 0.1) is 30.8 Å². The third kappa shape index (κ3) is 4.81. The van der Waals surface area contributed by atoms with Gasteiger partial charge in [0.1, 0.15) is 11.5 Å². The summed E-state index contributed by atoms with van der Waals surface area (Å²) in [6.07, 6.45) is 0.145. The summed E-state index contributed by atoms with van der Waals surface area (Å²) in [6, 6.07) is 9.95. The highest BCUT2D eigenvalue weighted by molar-refractivity contribution is 6.04. The van der Waals surface area contributed by atoms with Crippen molar-refractivity contribution in [1.29, 1.82) is 0 Å². The van der Waals surface area contributed by atoms with E-state index in [0.29, 0.717) is 29.1 Å². The molecule has 0 spiro atoms. The molecule has 2 unspecified atom stereocenters. The lowest BCUT2D eigenvalue weighted by atomic mass is 9.71. The number of carbonyl (C=O) groups excluding carboxylic acids is 2. The first-order valence-corrected chi connectivity index (χ1v) is 12.2. The van der Waals surface area contributed by atoms with Crippen LogP contribution in [0.5, 0.6) is 17.2 Å². The fourth-order valence-corrected chi connectivity index (χ4v) is 5.21. The van der Waals surface area contributed by atoms with Crippen molar-refractivity contribution in [2.45, 2.75) is 51.6 Å². The Balaban J connectivity index is 1.90. The molecule has 4 rings (SSSR count). The molecule has 1 aliphatic heterocycles. The predicted octanol–water partition coefficient (Wildman–Crippen LogP) is 4.00. The Kier molecular flexibility index (Phi) is 7.43. The number of methoxy groups -OCH3 is 2. The molecular weight excluding hydrogens is 492 g/mol. The van der Waals surface area contributed by atoms with Gasteiger partial charge in [0, 0.05) is 47.0 Å². The number of nitro groups is 1. The maximum atomic E-state index is 13.8. The zero-order valence-electron chi connectivity index (χ0n) is 21.8. The van der Waals surface area contributed by atoms with E-state index in [-0.39, 0.29) is 35.0 Å². The number of allylic oxidation sites excluding steroid dienone is 3. The van der Waals surface area contributed by atoms with E-state index in [0.717, 1.165) is 11.6 Å². The largest absolute Gasteiger partial charge is 0.865 e. The average Bonchev–Trinajstić information content (AvgIpc) is 2.87. The third-order valence-corrected chi connectivity index (χ3v) is 6.78. The first kappa shape index (κ1) is 26.7. The van der Waals surface area contributed by atoms with Crippen LogP contribution in [0.15, 0.2) is 58.9 Å². The van der Waals surface area contributed by atoms with E-state index in [1.807, 2.05) is 24.3 Å². The van der Waals surface area contributed by atoms with Crippen molar-refractivity contribution >= 4 is 17.4 Å². The van der Waals surface area contributed by atoms with Gasteiger partial charge in [0.15, 0.2) is 5.78 Å². The van der Waals surface area contributed by atoms with Crippen LogP contribution >= 0.6 is 0 Å². The Morgan fingerprint density at radius 2 is 1.79 bits per heavy atom. The highest BCUT2D eigenvalue weighted by atomic mass is 16.6. The first-order chi connectivity index (χ1) is 18.1. The summed E-state index contributed by atoms with van der Waals surface area (Å²) in [4.78, 5) is 38.0. The van der Waals surface area contributed by atoms with Crippen LogP contribution in [0, 0.1) is 10.1 Å². The quantitative estimate of drug-likeness (QED) is 0.325. The lowest BCUT2D eigenvalue weighted by Gasteiger charge is -2.37. The number of hydrogen-bond acceptors (Lipinski definition) is 9. The summed E-state index contributed by atoms with van der Waals surface area (Å²) in [5.74, 6) is -2.53. The number of nitrogens with zero attached hydrogens (tertiary/aromatic N) is 1. The van der Waals surface area contributed by atoms with Gasteiger partial charge in [-0.2, -0.15) is 0 Å². The van der Waals surface area contributed by atoms with Gasteiger partial charge in [-0.15, -0.1) is 0 Å². The zero-order chi connectivity index (χ0) is 27.7. The fourth-order valence-electron chi connectivity index (χ4n) is 5.21. The maximum Gasteiger partial charge on any atom is 0.337 e. The fraction of sp³-hybridized carbons (Fsp3) is 0.357. The topological polar surface area (TPSA) is 140 Å². The molecule has 10 nitrogen and oxygen atoms in total. The standard InChI is InChI=1S/C28H30N2O8/c1-14(2)38-28(33)24-15(3)29-19-10-16(18-8-6-7-9-22(18)36-4)12-21(31)26(19)25(24)17-11-20(30(34)35)27(32)23(13-17)37-5/h6-9,11,13-14,16,25,29,32H,10,12H2,1-5H3/p-1. The number of para-hydroxylation sites is 1. The van der Waals surface area contributed by atoms with Crippen LogP contribution in [0.2, 0.25) is 0 Å². The van der Waals surface area contributed by atoms with Crippen molar-refractivity contribution in [3.05, 3.63) is 80.2 Å². The van der Waals surface area contributed by atoms with Crippen molar-refractivity contribution in [3.63, 3.8) is 0 Å². The van der Waals surface area contributed by atoms with Crippen molar-refractivity contribution < 1.29 is 33.8 Å². The SMILES string of the molecule is COc1ccccc1C1CC(=O)C2=C(C1)NC(C)=C(C(=O)OC(C)C)C2c1cc(OC)c([O-])c([N+](=O)[O-])c1. The minimum absolute atomic E-state index is 0.141. The van der Waals surface area contributed by atoms with E-state index in [1.165, 1.54) is 13.2 Å². The van der Waals surface area contributed by atoms with Crippen LogP contribution in [0.25, 0.3) is 0 Å². The van der Waals surface area contributed by atoms with E-state index in [9.17, 15) is 24.8 Å². The molecule has 38 heavy (non-hydrogen) atoms. The van der Waals surface area contributed by atoms with Gasteiger partial charge in [0.2, 0.25) is 0 Å². The Morgan fingerprint density at radius 3 is 2.42 bits per heavy atom. The molecular formula is C28H29N2O8-. The summed E-state index contributed by atoms with van der Waals surface area (Å²) >= 11 is 0. The van der Waals surface area contributed by atoms with Crippen LogP contribution in [0.1, 0.15) is 56.6 Å². The summed E-state index contributed by atoms with van der Waals surface area (Å²) in [6.45, 7) is 5.10. The number of carbonyl (C=O) groups is 2. The number of esters is 1. The van der Waals surface area contributed by atoms with Gasteiger partial charge in [-0.1, -0.05) is 18.2 Å². The molecule has 0 saturated heterocycles. The molecule has 2 aliphatic rings. The highest BCUT2D eigenvalue weighted by Gasteiger charge is 2.42. The number of rotatable bonds is 7. The molecule has 0 amide bonds. The molecule has 200 valence electrons. The summed E-state index contributed by atoms with van der Waals surface area (Å²) in [5, 5.41) is 27.5. The third-order valence-electron chi connectivity index (χ3n) is 6.78. The number of ketones is 1. The van der Waals surface area contributed by atoms with Gasteiger partial charge in [-0.25, -0.2) is 4.79 Å². The van der Waals surface area contributed by atoms with Gasteiger partial charge in [-0.3, -0.25) is 14.9 Å². The number of nitrogens with one attached hydrogen (secondary N) is 1. The van der Waals surface area contributed by atoms with E-state index in [2.05, 4.69) is 5.32 Å². The number of dihydropyridines is 1. The monoisotopic (exact) mass is 521 g/mol. The molecule has 1 aliphatic carbocycles. The number of Topliss-reactive ketones (excluding diaryl/α,β-unsaturated/α-hetero) is 1. The molecule has 0 bridgehead atoms. The zero-order valence-corrected chi connectivity index (χ0v) is 21.8. The number of nitro benzene ring substituents is 1. The van der Waals surface area contributed by atoms with Crippen molar-refractivity contribution in [2.75, 3.05) is 14.2 Å². The second-order valence-electron chi connectivity index (χ2n) is 9.54. The Labute approximate surface area is 220 Å². The van der Waals surface area contributed by atoms with Crippen LogP contribution in [-0.4, -0.2) is 37.0 Å². The van der Waals surface area contributed by atoms with Gasteiger partial charge in [-0.05, 0) is 50.5 Å². The molecule has 0 fully saturated rings. The molecule has 0 aromatic heterocycles. The summed E-state index contributed by atoms with van der Waals surface area (Å²) < 4.78 is 16.1. The molecule has 10 heteroatoms. The molecule has 0 radical (unpaired) electrons. The van der Waals surface area contributed by atoms with Gasteiger partial charge in [0.25, 0.3) is 5.69 Å². The minimum Gasteiger partial charge on any atom is -0.865 e. The predicted molar refractivity (Wildman–Crippen MR) is 136 cm³/mol. The number of ether oxygens (including phenoxy) is 3. The number of hydrogen-bond donors (Lipinski definition) is 1. The Hall–Kier alpha value is -4.34. The first-order valence-electron chi connectivity index (χ1n) is 12.2. The summed E-state index contributed by atoms with van der Waals surface area (Å²) in [7, 11) is 2.80. The second-order valence-corrected chi connectivity index (χ2v) is 9.54. The van der Waals surface area contributed by atoms with Crippen LogP contribution in [-0.2, 0) is 14.3 Å². The maximum absolute atomic E-state index is 13.8. The highest BCUT2D eigenvalue weighted by Crippen LogP contribution is 2.49. The molecule has 2 atom stereocenters. The van der Waals surface area contributed by atoms with E-state index >= 15 is 0 Å². The Bertz CT molecular complexity index is 1370. The van der Waals surface area contributed by atoms with E-state index < -0.39 is 34.4 Å². The summed E-state index contributed by atoms with van der Waals surface area (Å²) in [5.41, 5.74) is 1.93. The van der Waals surface area contributed by atoms with Crippen molar-refractivity contribution in [3.8, 4) is 17.2 Å². The van der Waals surface area contributed by atoms with Crippen LogP contribution in [0.3, 0.4) is 0 Å². The second kappa shape index (κ2) is 10.6. The molecule has 2 aromatic rings. The van der Waals surface area contributed by atoms with Crippen molar-refractivity contribution in [1.82, 2.24) is 5.32 Å². The van der Waals surface area contributed by atoms with Gasteiger partial charge >= 0.3 is 5.97 Å². The van der Waals surface area contributed by atoms with Crippen LogP contribution in [0.4, 0.5) is 5.69 Å². The molecule has 1 N–H and O–H groups in total. The van der Waals surface area contributed by atoms with Crippen LogP contribution < -0.4 is 19.9 Å². The number of benzene rings is 2. The van der Waals surface area contributed by atoms with Gasteiger partial charge < -0.3 is 24.6 Å². The minimum atomic E-state index is -0.989. The molecule has 1 heterocycles. The molecule has 2 aromatic carbocycles. The Morgan fingerprint density at radius 1 is 1.11 bits per heavy atom. The lowest BCUT2D eigenvalue weighted by molar-refractivity contribution is -0.398. The molecule has 0 saturated carbocycles. The average molecular weight is 522 g/mol. The van der Waals surface area contributed by atoms with Crippen molar-refractivity contribution in [2.24, 2.45) is 0 Å². The van der Waals surface area contributed by atoms with E-state index in [1.54, 1.807) is 27.9 Å². The smallest absolute Gasteiger partial charge is 0.337 e. The van der Waals surface area contributed by atoms with E-state index in [4.69, 9.17) is 14.2 Å². The normalized spacial score (nSPS) is 19.2.